The molecule has 0 aliphatic heterocycles. The number of nitrogens with zero attached hydrogens (tertiary/aromatic N) is 1. The van der Waals surface area contributed by atoms with E-state index in [2.05, 4.69) is 15.9 Å². The van der Waals surface area contributed by atoms with Crippen LogP contribution in [0.5, 0.6) is 0 Å². The molecule has 4 heteroatoms. The molecule has 0 aliphatic carbocycles. The second kappa shape index (κ2) is 3.70. The minimum absolute atomic E-state index is 0.238. The van der Waals surface area contributed by atoms with Crippen LogP contribution in [-0.2, 0) is 0 Å². The van der Waals surface area contributed by atoms with Gasteiger partial charge >= 0.3 is 0 Å². The van der Waals surface area contributed by atoms with Gasteiger partial charge in [-0.05, 0) is 18.2 Å². The maximum Gasteiger partial charge on any atom is 0.263 e. The van der Waals surface area contributed by atoms with Gasteiger partial charge in [-0.3, -0.25) is 4.79 Å². The second-order valence-electron chi connectivity index (χ2n) is 2.07. The summed E-state index contributed by atoms with van der Waals surface area (Å²) in [4.78, 5) is 10.9. The summed E-state index contributed by atoms with van der Waals surface area (Å²) >= 11 is 8.89. The smallest absolute Gasteiger partial charge is 0.263 e. The Morgan fingerprint density at radius 1 is 1.58 bits per heavy atom. The second-order valence-corrected chi connectivity index (χ2v) is 3.39. The number of carbonyl (C=O) groups is 1. The molecule has 0 aromatic heterocycles. The fourth-order valence-electron chi connectivity index (χ4n) is 0.734. The molecule has 60 valence electrons. The number of benzene rings is 1. The number of carbonyl (C=O) groups excluding carboxylic acids is 1. The highest BCUT2D eigenvalue weighted by Gasteiger charge is 2.08. The lowest BCUT2D eigenvalue weighted by molar-refractivity contribution is 0.105. The fraction of sp³-hybridized carbons (Fsp3) is 0. The van der Waals surface area contributed by atoms with E-state index in [0.717, 1.165) is 4.47 Å². The van der Waals surface area contributed by atoms with Gasteiger partial charge in [0.1, 0.15) is 6.07 Å². The molecule has 0 saturated carbocycles. The monoisotopic (exact) mass is 243 g/mol. The SMILES string of the molecule is N#CC(=O)c1ccc(Br)cc1Cl. The molecule has 0 atom stereocenters. The van der Waals surface area contributed by atoms with Crippen molar-refractivity contribution >= 4 is 33.3 Å². The van der Waals surface area contributed by atoms with Gasteiger partial charge in [0.05, 0.1) is 10.6 Å². The average molecular weight is 244 g/mol. The molecule has 0 aliphatic rings. The van der Waals surface area contributed by atoms with E-state index in [1.165, 1.54) is 12.1 Å². The molecule has 0 saturated heterocycles. The summed E-state index contributed by atoms with van der Waals surface area (Å²) < 4.78 is 0.780. The number of hydrogen-bond donors (Lipinski definition) is 0. The summed E-state index contributed by atoms with van der Waals surface area (Å²) in [6.07, 6.45) is 0. The van der Waals surface area contributed by atoms with Crippen molar-refractivity contribution in [3.8, 4) is 6.07 Å². The molecule has 0 fully saturated rings. The van der Waals surface area contributed by atoms with E-state index in [-0.39, 0.29) is 10.6 Å². The Bertz CT molecular complexity index is 370. The highest BCUT2D eigenvalue weighted by atomic mass is 79.9. The first-order valence-electron chi connectivity index (χ1n) is 3.04. The lowest BCUT2D eigenvalue weighted by Crippen LogP contribution is -1.94. The Morgan fingerprint density at radius 3 is 2.75 bits per heavy atom. The predicted octanol–water partition coefficient (Wildman–Crippen LogP) is 2.81. The average Bonchev–Trinajstić information content (AvgIpc) is 2.03. The van der Waals surface area contributed by atoms with Crippen LogP contribution in [0.2, 0.25) is 5.02 Å². The van der Waals surface area contributed by atoms with Crippen molar-refractivity contribution in [1.29, 1.82) is 5.26 Å². The van der Waals surface area contributed by atoms with Crippen molar-refractivity contribution in [2.75, 3.05) is 0 Å². The van der Waals surface area contributed by atoms with Crippen LogP contribution in [0, 0.1) is 11.3 Å². The van der Waals surface area contributed by atoms with Gasteiger partial charge in [-0.2, -0.15) is 5.26 Å². The van der Waals surface area contributed by atoms with Crippen LogP contribution in [-0.4, -0.2) is 5.78 Å². The van der Waals surface area contributed by atoms with E-state index >= 15 is 0 Å². The summed E-state index contributed by atoms with van der Waals surface area (Å²) in [6.45, 7) is 0. The maximum absolute atomic E-state index is 10.9. The minimum atomic E-state index is -0.618. The van der Waals surface area contributed by atoms with E-state index in [1.54, 1.807) is 12.1 Å². The van der Waals surface area contributed by atoms with Crippen molar-refractivity contribution in [3.05, 3.63) is 33.3 Å². The summed E-state index contributed by atoms with van der Waals surface area (Å²) in [6, 6.07) is 6.25. The Labute approximate surface area is 82.9 Å². The van der Waals surface area contributed by atoms with Crippen molar-refractivity contribution in [2.45, 2.75) is 0 Å². The molecule has 0 bridgehead atoms. The molecule has 0 spiro atoms. The zero-order chi connectivity index (χ0) is 9.14. The molecular weight excluding hydrogens is 241 g/mol. The number of nitriles is 1. The molecule has 0 amide bonds. The lowest BCUT2D eigenvalue weighted by Gasteiger charge is -1.97. The van der Waals surface area contributed by atoms with Gasteiger partial charge in [0.25, 0.3) is 5.78 Å². The van der Waals surface area contributed by atoms with Gasteiger partial charge < -0.3 is 0 Å². The molecule has 1 aromatic rings. The third kappa shape index (κ3) is 1.84. The summed E-state index contributed by atoms with van der Waals surface area (Å²) in [5.74, 6) is -0.618. The number of hydrogen-bond acceptors (Lipinski definition) is 2. The van der Waals surface area contributed by atoms with Gasteiger partial charge in [-0.25, -0.2) is 0 Å². The van der Waals surface area contributed by atoms with E-state index < -0.39 is 5.78 Å². The Kier molecular flexibility index (Phi) is 2.85. The highest BCUT2D eigenvalue weighted by molar-refractivity contribution is 9.10. The minimum Gasteiger partial charge on any atom is -0.277 e. The van der Waals surface area contributed by atoms with Gasteiger partial charge in [0.2, 0.25) is 0 Å². The number of Topliss-reactive ketones (excluding diaryl/α,β-unsaturated/α-hetero) is 1. The quantitative estimate of drug-likeness (QED) is 0.563. The van der Waals surface area contributed by atoms with Gasteiger partial charge in [0, 0.05) is 4.47 Å². The summed E-state index contributed by atoms with van der Waals surface area (Å²) in [5.41, 5.74) is 0.238. The van der Waals surface area contributed by atoms with Crippen molar-refractivity contribution < 1.29 is 4.79 Å². The van der Waals surface area contributed by atoms with Crippen molar-refractivity contribution in [2.24, 2.45) is 0 Å². The van der Waals surface area contributed by atoms with Gasteiger partial charge in [-0.15, -0.1) is 0 Å². The molecule has 2 nitrogen and oxygen atoms in total. The third-order valence-electron chi connectivity index (χ3n) is 1.28. The Morgan fingerprint density at radius 2 is 2.25 bits per heavy atom. The fourth-order valence-corrected chi connectivity index (χ4v) is 1.49. The summed E-state index contributed by atoms with van der Waals surface area (Å²) in [7, 11) is 0. The Balaban J connectivity index is 3.20. The van der Waals surface area contributed by atoms with E-state index in [4.69, 9.17) is 16.9 Å². The molecule has 0 unspecified atom stereocenters. The number of halogens is 2. The lowest BCUT2D eigenvalue weighted by atomic mass is 10.1. The number of rotatable bonds is 1. The van der Waals surface area contributed by atoms with Crippen LogP contribution in [0.15, 0.2) is 22.7 Å². The van der Waals surface area contributed by atoms with Crippen molar-refractivity contribution in [3.63, 3.8) is 0 Å². The van der Waals surface area contributed by atoms with E-state index in [1.807, 2.05) is 0 Å². The Hall–Kier alpha value is -0.850. The van der Waals surface area contributed by atoms with E-state index in [0.29, 0.717) is 0 Å². The van der Waals surface area contributed by atoms with Crippen LogP contribution >= 0.6 is 27.5 Å². The molecule has 1 aromatic carbocycles. The van der Waals surface area contributed by atoms with Crippen LogP contribution in [0.1, 0.15) is 10.4 Å². The van der Waals surface area contributed by atoms with Crippen molar-refractivity contribution in [1.82, 2.24) is 0 Å². The van der Waals surface area contributed by atoms with Gasteiger partial charge in [-0.1, -0.05) is 27.5 Å². The first kappa shape index (κ1) is 9.24. The highest BCUT2D eigenvalue weighted by Crippen LogP contribution is 2.21. The molecule has 12 heavy (non-hydrogen) atoms. The topological polar surface area (TPSA) is 40.9 Å². The predicted molar refractivity (Wildman–Crippen MR) is 49.1 cm³/mol. The molecule has 0 radical (unpaired) electrons. The molecular formula is C8H3BrClNO. The van der Waals surface area contributed by atoms with Crippen LogP contribution in [0.3, 0.4) is 0 Å². The van der Waals surface area contributed by atoms with Crippen LogP contribution in [0.4, 0.5) is 0 Å². The molecule has 0 N–H and O–H groups in total. The van der Waals surface area contributed by atoms with E-state index in [9.17, 15) is 4.79 Å². The largest absolute Gasteiger partial charge is 0.277 e. The zero-order valence-electron chi connectivity index (χ0n) is 5.84. The first-order valence-corrected chi connectivity index (χ1v) is 4.21. The zero-order valence-corrected chi connectivity index (χ0v) is 8.19. The maximum atomic E-state index is 10.9. The summed E-state index contributed by atoms with van der Waals surface area (Å²) in [5, 5.41) is 8.60. The van der Waals surface area contributed by atoms with Gasteiger partial charge in [0.15, 0.2) is 0 Å². The third-order valence-corrected chi connectivity index (χ3v) is 2.08. The standard InChI is InChI=1S/C8H3BrClNO/c9-5-1-2-6(7(10)3-5)8(12)4-11/h1-3H. The number of ketones is 1. The molecule has 1 rings (SSSR count). The van der Waals surface area contributed by atoms with Crippen LogP contribution in [0.25, 0.3) is 0 Å². The first-order chi connectivity index (χ1) is 5.65. The normalized spacial score (nSPS) is 9.08. The van der Waals surface area contributed by atoms with Crippen LogP contribution < -0.4 is 0 Å². The molecule has 0 heterocycles.